The van der Waals surface area contributed by atoms with Crippen LogP contribution < -0.4 is 0 Å². The molecule has 4 aromatic carbocycles. The van der Waals surface area contributed by atoms with Crippen LogP contribution in [-0.2, 0) is 6.42 Å². The molecule has 0 heteroatoms. The van der Waals surface area contributed by atoms with Crippen LogP contribution in [0.2, 0.25) is 0 Å². The lowest BCUT2D eigenvalue weighted by molar-refractivity contribution is 1.25. The average molecular weight is 344 g/mol. The minimum absolute atomic E-state index is 1.01. The molecule has 1 aliphatic carbocycles. The summed E-state index contributed by atoms with van der Waals surface area (Å²) in [5.74, 6) is 0. The smallest absolute Gasteiger partial charge is 0.000750 e. The highest BCUT2D eigenvalue weighted by atomic mass is 14.2. The van der Waals surface area contributed by atoms with Gasteiger partial charge in [-0.3, -0.25) is 0 Å². The van der Waals surface area contributed by atoms with Gasteiger partial charge in [0.2, 0.25) is 0 Å². The largest absolute Gasteiger partial charge is 0.0622 e. The van der Waals surface area contributed by atoms with E-state index in [1.807, 2.05) is 0 Å². The molecule has 0 aliphatic heterocycles. The fraction of sp³-hybridized carbons (Fsp3) is 0.0370. The third-order valence-corrected chi connectivity index (χ3v) is 5.36. The van der Waals surface area contributed by atoms with Crippen molar-refractivity contribution in [1.82, 2.24) is 0 Å². The van der Waals surface area contributed by atoms with Crippen molar-refractivity contribution in [3.05, 3.63) is 131 Å². The lowest BCUT2D eigenvalue weighted by atomic mass is 9.93. The molecule has 0 fully saturated rings. The van der Waals surface area contributed by atoms with Crippen molar-refractivity contribution in [1.29, 1.82) is 0 Å². The highest BCUT2D eigenvalue weighted by Crippen LogP contribution is 2.39. The molecule has 0 spiro atoms. The van der Waals surface area contributed by atoms with Gasteiger partial charge in [-0.05, 0) is 57.0 Å². The average Bonchev–Trinajstić information content (AvgIpc) is 3.13. The Morgan fingerprint density at radius 2 is 1.15 bits per heavy atom. The zero-order valence-corrected chi connectivity index (χ0v) is 15.1. The minimum atomic E-state index is 1.01. The fourth-order valence-electron chi connectivity index (χ4n) is 4.04. The topological polar surface area (TPSA) is 0 Å². The van der Waals surface area contributed by atoms with Crippen LogP contribution in [0, 0.1) is 0 Å². The van der Waals surface area contributed by atoms with Gasteiger partial charge in [0.05, 0.1) is 0 Å². The molecule has 0 saturated heterocycles. The highest BCUT2D eigenvalue weighted by Gasteiger charge is 2.20. The van der Waals surface area contributed by atoms with Crippen LogP contribution in [0.15, 0.2) is 103 Å². The van der Waals surface area contributed by atoms with Crippen LogP contribution >= 0.6 is 0 Å². The summed E-state index contributed by atoms with van der Waals surface area (Å²) in [7, 11) is 0. The molecule has 5 rings (SSSR count). The van der Waals surface area contributed by atoms with Crippen LogP contribution in [0.1, 0.15) is 27.8 Å². The van der Waals surface area contributed by atoms with Gasteiger partial charge >= 0.3 is 0 Å². The maximum atomic E-state index is 2.36. The Kier molecular flexibility index (Phi) is 3.95. The first-order valence-electron chi connectivity index (χ1n) is 9.43. The van der Waals surface area contributed by atoms with Gasteiger partial charge in [0.1, 0.15) is 0 Å². The van der Waals surface area contributed by atoms with Crippen molar-refractivity contribution < 1.29 is 0 Å². The Balaban J connectivity index is 1.69. The van der Waals surface area contributed by atoms with Gasteiger partial charge in [-0.25, -0.2) is 0 Å². The molecule has 0 radical (unpaired) electrons. The second kappa shape index (κ2) is 6.74. The van der Waals surface area contributed by atoms with Crippen molar-refractivity contribution in [3.63, 3.8) is 0 Å². The third kappa shape index (κ3) is 2.90. The molecule has 0 saturated carbocycles. The van der Waals surface area contributed by atoms with E-state index in [1.165, 1.54) is 44.5 Å². The predicted molar refractivity (Wildman–Crippen MR) is 115 cm³/mol. The number of hydrogen-bond acceptors (Lipinski definition) is 0. The Labute approximate surface area is 160 Å². The van der Waals surface area contributed by atoms with E-state index in [1.54, 1.807) is 0 Å². The molecule has 1 aliphatic rings. The van der Waals surface area contributed by atoms with Crippen molar-refractivity contribution in [2.24, 2.45) is 0 Å². The van der Waals surface area contributed by atoms with E-state index < -0.39 is 0 Å². The van der Waals surface area contributed by atoms with Crippen molar-refractivity contribution in [3.8, 4) is 11.1 Å². The first-order valence-corrected chi connectivity index (χ1v) is 9.43. The molecular weight excluding hydrogens is 324 g/mol. The molecule has 0 atom stereocenters. The summed E-state index contributed by atoms with van der Waals surface area (Å²) in [6.45, 7) is 0. The highest BCUT2D eigenvalue weighted by molar-refractivity contribution is 5.93. The van der Waals surface area contributed by atoms with Gasteiger partial charge < -0.3 is 0 Å². The van der Waals surface area contributed by atoms with Gasteiger partial charge in [0.25, 0.3) is 0 Å². The molecule has 0 nitrogen and oxygen atoms in total. The lowest BCUT2D eigenvalue weighted by Gasteiger charge is -2.11. The molecule has 0 bridgehead atoms. The van der Waals surface area contributed by atoms with Gasteiger partial charge in [-0.2, -0.15) is 0 Å². The molecule has 4 aromatic rings. The molecule has 0 N–H and O–H groups in total. The minimum Gasteiger partial charge on any atom is -0.0622 e. The van der Waals surface area contributed by atoms with Crippen LogP contribution in [0.25, 0.3) is 22.8 Å². The molecule has 0 aromatic heterocycles. The molecule has 27 heavy (non-hydrogen) atoms. The molecular formula is C27H20. The summed E-state index contributed by atoms with van der Waals surface area (Å²) in [5, 5.41) is 0. The molecule has 128 valence electrons. The summed E-state index contributed by atoms with van der Waals surface area (Å²) in [4.78, 5) is 0. The van der Waals surface area contributed by atoms with Gasteiger partial charge in [-0.1, -0.05) is 103 Å². The summed E-state index contributed by atoms with van der Waals surface area (Å²) >= 11 is 0. The molecule has 0 amide bonds. The first kappa shape index (κ1) is 15.8. The number of benzene rings is 4. The zero-order valence-electron chi connectivity index (χ0n) is 15.1. The van der Waals surface area contributed by atoms with E-state index in [0.717, 1.165) is 6.42 Å². The number of hydrogen-bond donors (Lipinski definition) is 0. The van der Waals surface area contributed by atoms with E-state index in [-0.39, 0.29) is 0 Å². The Bertz CT molecular complexity index is 1080. The normalized spacial score (nSPS) is 11.6. The maximum Gasteiger partial charge on any atom is -0.000750 e. The van der Waals surface area contributed by atoms with E-state index in [2.05, 4.69) is 109 Å². The van der Waals surface area contributed by atoms with Crippen molar-refractivity contribution >= 4 is 11.6 Å². The summed E-state index contributed by atoms with van der Waals surface area (Å²) in [6.07, 6.45) is 3.37. The Hall–Kier alpha value is -3.38. The van der Waals surface area contributed by atoms with E-state index in [4.69, 9.17) is 0 Å². The molecule has 0 unspecified atom stereocenters. The lowest BCUT2D eigenvalue weighted by Crippen LogP contribution is -1.91. The zero-order chi connectivity index (χ0) is 18.1. The number of fused-ring (bicyclic) bond motifs is 3. The third-order valence-electron chi connectivity index (χ3n) is 5.36. The van der Waals surface area contributed by atoms with Crippen molar-refractivity contribution in [2.45, 2.75) is 6.42 Å². The Morgan fingerprint density at radius 1 is 0.556 bits per heavy atom. The van der Waals surface area contributed by atoms with Crippen LogP contribution in [0.5, 0.6) is 0 Å². The summed E-state index contributed by atoms with van der Waals surface area (Å²) < 4.78 is 0. The van der Waals surface area contributed by atoms with Gasteiger partial charge in [0.15, 0.2) is 0 Å². The van der Waals surface area contributed by atoms with E-state index in [9.17, 15) is 0 Å². The standard InChI is InChI=1S/C27H20/c1-3-10-20(11-4-1)26(21-12-5-2-6-13-21)18-23-15-9-17-25-24-16-8-7-14-22(24)19-27(23)25/h1-18H,19H2. The summed E-state index contributed by atoms with van der Waals surface area (Å²) in [6, 6.07) is 36.8. The van der Waals surface area contributed by atoms with Gasteiger partial charge in [0, 0.05) is 0 Å². The fourth-order valence-corrected chi connectivity index (χ4v) is 4.04. The van der Waals surface area contributed by atoms with Crippen molar-refractivity contribution in [2.75, 3.05) is 0 Å². The van der Waals surface area contributed by atoms with E-state index >= 15 is 0 Å². The van der Waals surface area contributed by atoms with E-state index in [0.29, 0.717) is 0 Å². The SMILES string of the molecule is C(=C(c1ccccc1)c1ccccc1)c1cccc2c1Cc1ccccc1-2. The monoisotopic (exact) mass is 344 g/mol. The summed E-state index contributed by atoms with van der Waals surface area (Å²) in [5.41, 5.74) is 10.7. The quantitative estimate of drug-likeness (QED) is 0.314. The van der Waals surface area contributed by atoms with Crippen LogP contribution in [0.4, 0.5) is 0 Å². The Morgan fingerprint density at radius 3 is 1.85 bits per heavy atom. The first-order chi connectivity index (χ1) is 13.4. The van der Waals surface area contributed by atoms with Crippen LogP contribution in [0.3, 0.4) is 0 Å². The molecule has 0 heterocycles. The second-order valence-corrected chi connectivity index (χ2v) is 7.00. The predicted octanol–water partition coefficient (Wildman–Crippen LogP) is 6.85. The number of rotatable bonds is 3. The van der Waals surface area contributed by atoms with Gasteiger partial charge in [-0.15, -0.1) is 0 Å². The van der Waals surface area contributed by atoms with Crippen LogP contribution in [-0.4, -0.2) is 0 Å². The second-order valence-electron chi connectivity index (χ2n) is 7.00. The maximum absolute atomic E-state index is 2.36.